The van der Waals surface area contributed by atoms with Crippen LogP contribution in [0.1, 0.15) is 42.3 Å². The molecule has 2 aromatic carbocycles. The van der Waals surface area contributed by atoms with Crippen LogP contribution in [0.5, 0.6) is 5.75 Å². The number of ether oxygens (including phenoxy) is 1. The lowest BCUT2D eigenvalue weighted by Crippen LogP contribution is -2.26. The summed E-state index contributed by atoms with van der Waals surface area (Å²) < 4.78 is 5.32. The summed E-state index contributed by atoms with van der Waals surface area (Å²) in [5.41, 5.74) is 3.41. The Kier molecular flexibility index (Phi) is 4.49. The third kappa shape index (κ3) is 3.99. The third-order valence-electron chi connectivity index (χ3n) is 4.14. The molecule has 2 N–H and O–H groups in total. The van der Waals surface area contributed by atoms with Crippen molar-refractivity contribution in [1.82, 2.24) is 5.32 Å². The maximum atomic E-state index is 12.3. The van der Waals surface area contributed by atoms with E-state index in [0.717, 1.165) is 5.56 Å². The topological polar surface area (TPSA) is 67.4 Å². The van der Waals surface area contributed by atoms with Gasteiger partial charge in [-0.25, -0.2) is 0 Å². The monoisotopic (exact) mass is 338 g/mol. The second-order valence-electron chi connectivity index (χ2n) is 7.18. The number of fused-ring (bicyclic) bond motifs is 1. The molecule has 1 aliphatic rings. The number of benzene rings is 2. The third-order valence-corrected chi connectivity index (χ3v) is 4.14. The van der Waals surface area contributed by atoms with E-state index in [9.17, 15) is 9.59 Å². The zero-order valence-electron chi connectivity index (χ0n) is 14.7. The largest absolute Gasteiger partial charge is 0.482 e. The standard InChI is InChI=1S/C20H22N2O3/c1-20(2,3)15-7-5-14(6-8-15)19(24)21-11-13-4-9-17-16(10-13)22-18(23)12-25-17/h4-10H,11-12H2,1-3H3,(H,21,24)(H,22,23). The van der Waals surface area contributed by atoms with E-state index in [0.29, 0.717) is 23.5 Å². The summed E-state index contributed by atoms with van der Waals surface area (Å²) in [6.45, 7) is 6.83. The van der Waals surface area contributed by atoms with Crippen LogP contribution < -0.4 is 15.4 Å². The average Bonchev–Trinajstić information content (AvgIpc) is 2.58. The van der Waals surface area contributed by atoms with E-state index in [4.69, 9.17) is 4.74 Å². The van der Waals surface area contributed by atoms with Gasteiger partial charge in [0.1, 0.15) is 5.75 Å². The van der Waals surface area contributed by atoms with Gasteiger partial charge in [0.15, 0.2) is 6.61 Å². The summed E-state index contributed by atoms with van der Waals surface area (Å²) in [4.78, 5) is 23.7. The van der Waals surface area contributed by atoms with Crippen molar-refractivity contribution in [2.45, 2.75) is 32.7 Å². The fraction of sp³-hybridized carbons (Fsp3) is 0.300. The Balaban J connectivity index is 1.64. The minimum atomic E-state index is -0.173. The number of rotatable bonds is 3. The van der Waals surface area contributed by atoms with Gasteiger partial charge >= 0.3 is 0 Å². The number of carbonyl (C=O) groups excluding carboxylic acids is 2. The Morgan fingerprint density at radius 1 is 1.16 bits per heavy atom. The second-order valence-corrected chi connectivity index (χ2v) is 7.18. The first-order chi connectivity index (χ1) is 11.8. The number of anilines is 1. The van der Waals surface area contributed by atoms with Crippen molar-refractivity contribution in [2.24, 2.45) is 0 Å². The van der Waals surface area contributed by atoms with Gasteiger partial charge < -0.3 is 15.4 Å². The first-order valence-electron chi connectivity index (χ1n) is 8.27. The first-order valence-corrected chi connectivity index (χ1v) is 8.27. The van der Waals surface area contributed by atoms with Crippen LogP contribution in [-0.2, 0) is 16.8 Å². The van der Waals surface area contributed by atoms with E-state index in [1.807, 2.05) is 36.4 Å². The zero-order valence-corrected chi connectivity index (χ0v) is 14.7. The van der Waals surface area contributed by atoms with E-state index in [1.165, 1.54) is 5.56 Å². The number of carbonyl (C=O) groups is 2. The normalized spacial score (nSPS) is 13.5. The number of hydrogen-bond acceptors (Lipinski definition) is 3. The minimum Gasteiger partial charge on any atom is -0.482 e. The van der Waals surface area contributed by atoms with Crippen LogP contribution in [0, 0.1) is 0 Å². The maximum absolute atomic E-state index is 12.3. The summed E-state index contributed by atoms with van der Waals surface area (Å²) in [5.74, 6) is 0.346. The molecular weight excluding hydrogens is 316 g/mol. The summed E-state index contributed by atoms with van der Waals surface area (Å²) >= 11 is 0. The van der Waals surface area contributed by atoms with Crippen LogP contribution in [0.4, 0.5) is 5.69 Å². The molecule has 0 saturated carbocycles. The molecule has 2 amide bonds. The predicted octanol–water partition coefficient (Wildman–Crippen LogP) is 3.25. The average molecular weight is 338 g/mol. The Morgan fingerprint density at radius 2 is 1.88 bits per heavy atom. The van der Waals surface area contributed by atoms with E-state index in [-0.39, 0.29) is 23.8 Å². The Hall–Kier alpha value is -2.82. The van der Waals surface area contributed by atoms with Crippen molar-refractivity contribution in [1.29, 1.82) is 0 Å². The lowest BCUT2D eigenvalue weighted by molar-refractivity contribution is -0.118. The zero-order chi connectivity index (χ0) is 18.0. The number of hydrogen-bond donors (Lipinski definition) is 2. The van der Waals surface area contributed by atoms with Gasteiger partial charge in [0.05, 0.1) is 5.69 Å². The predicted molar refractivity (Wildman–Crippen MR) is 96.9 cm³/mol. The molecular formula is C20H22N2O3. The lowest BCUT2D eigenvalue weighted by atomic mass is 9.87. The quantitative estimate of drug-likeness (QED) is 0.903. The van der Waals surface area contributed by atoms with Gasteiger partial charge in [-0.3, -0.25) is 9.59 Å². The van der Waals surface area contributed by atoms with Crippen molar-refractivity contribution < 1.29 is 14.3 Å². The van der Waals surface area contributed by atoms with E-state index in [1.54, 1.807) is 6.07 Å². The van der Waals surface area contributed by atoms with Crippen LogP contribution in [-0.4, -0.2) is 18.4 Å². The molecule has 25 heavy (non-hydrogen) atoms. The van der Waals surface area contributed by atoms with Crippen LogP contribution in [0.15, 0.2) is 42.5 Å². The van der Waals surface area contributed by atoms with Gasteiger partial charge in [-0.05, 0) is 40.8 Å². The maximum Gasteiger partial charge on any atom is 0.262 e. The Morgan fingerprint density at radius 3 is 2.56 bits per heavy atom. The van der Waals surface area contributed by atoms with Crippen LogP contribution in [0.3, 0.4) is 0 Å². The highest BCUT2D eigenvalue weighted by Crippen LogP contribution is 2.28. The van der Waals surface area contributed by atoms with Gasteiger partial charge in [0.2, 0.25) is 0 Å². The van der Waals surface area contributed by atoms with Crippen molar-refractivity contribution in [3.05, 3.63) is 59.2 Å². The van der Waals surface area contributed by atoms with Gasteiger partial charge in [0.25, 0.3) is 11.8 Å². The van der Waals surface area contributed by atoms with Crippen molar-refractivity contribution in [3.63, 3.8) is 0 Å². The molecule has 0 aliphatic carbocycles. The molecule has 0 unspecified atom stereocenters. The molecule has 0 aromatic heterocycles. The lowest BCUT2D eigenvalue weighted by Gasteiger charge is -2.19. The molecule has 5 nitrogen and oxygen atoms in total. The molecule has 130 valence electrons. The van der Waals surface area contributed by atoms with Gasteiger partial charge in [0, 0.05) is 12.1 Å². The highest BCUT2D eigenvalue weighted by atomic mass is 16.5. The molecule has 3 rings (SSSR count). The van der Waals surface area contributed by atoms with E-state index in [2.05, 4.69) is 31.4 Å². The minimum absolute atomic E-state index is 0.0354. The number of nitrogens with one attached hydrogen (secondary N) is 2. The fourth-order valence-electron chi connectivity index (χ4n) is 2.65. The van der Waals surface area contributed by atoms with Gasteiger partial charge in [-0.2, -0.15) is 0 Å². The van der Waals surface area contributed by atoms with Crippen molar-refractivity contribution in [2.75, 3.05) is 11.9 Å². The summed E-state index contributed by atoms with van der Waals surface area (Å²) in [6, 6.07) is 13.2. The molecule has 2 aromatic rings. The van der Waals surface area contributed by atoms with Crippen molar-refractivity contribution in [3.8, 4) is 5.75 Å². The van der Waals surface area contributed by atoms with E-state index >= 15 is 0 Å². The second kappa shape index (κ2) is 6.59. The molecule has 0 fully saturated rings. The smallest absolute Gasteiger partial charge is 0.262 e. The molecule has 0 radical (unpaired) electrons. The van der Waals surface area contributed by atoms with Crippen LogP contribution >= 0.6 is 0 Å². The molecule has 5 heteroatoms. The number of amides is 2. The van der Waals surface area contributed by atoms with E-state index < -0.39 is 0 Å². The fourth-order valence-corrected chi connectivity index (χ4v) is 2.65. The first kappa shape index (κ1) is 17.0. The molecule has 1 aliphatic heterocycles. The highest BCUT2D eigenvalue weighted by molar-refractivity contribution is 5.96. The van der Waals surface area contributed by atoms with Gasteiger partial charge in [-0.15, -0.1) is 0 Å². The summed E-state index contributed by atoms with van der Waals surface area (Å²) in [7, 11) is 0. The SMILES string of the molecule is CC(C)(C)c1ccc(C(=O)NCc2ccc3c(c2)NC(=O)CO3)cc1. The van der Waals surface area contributed by atoms with Crippen LogP contribution in [0.25, 0.3) is 0 Å². The molecule has 0 saturated heterocycles. The summed E-state index contributed by atoms with van der Waals surface area (Å²) in [5, 5.41) is 5.66. The molecule has 1 heterocycles. The highest BCUT2D eigenvalue weighted by Gasteiger charge is 2.17. The molecule has 0 atom stereocenters. The van der Waals surface area contributed by atoms with Crippen LogP contribution in [0.2, 0.25) is 0 Å². The Labute approximate surface area is 147 Å². The molecule has 0 bridgehead atoms. The Bertz CT molecular complexity index is 805. The van der Waals surface area contributed by atoms with Gasteiger partial charge in [-0.1, -0.05) is 39.0 Å². The molecule has 0 spiro atoms. The summed E-state index contributed by atoms with van der Waals surface area (Å²) in [6.07, 6.45) is 0. The van der Waals surface area contributed by atoms with Crippen molar-refractivity contribution >= 4 is 17.5 Å².